The van der Waals surface area contributed by atoms with E-state index in [-0.39, 0.29) is 11.3 Å². The number of hydrogen-bond acceptors (Lipinski definition) is 3. The highest BCUT2D eigenvalue weighted by Crippen LogP contribution is 2.26. The predicted octanol–water partition coefficient (Wildman–Crippen LogP) is 3.79. The minimum Gasteiger partial charge on any atom is -0.363 e. The van der Waals surface area contributed by atoms with Gasteiger partial charge < -0.3 is 9.88 Å². The van der Waals surface area contributed by atoms with Crippen molar-refractivity contribution < 1.29 is 0 Å². The van der Waals surface area contributed by atoms with Crippen LogP contribution in [0.25, 0.3) is 11.0 Å². The maximum Gasteiger partial charge on any atom is 0.226 e. The first-order chi connectivity index (χ1) is 9.65. The number of rotatable bonds is 3. The molecule has 0 aliphatic carbocycles. The van der Waals surface area contributed by atoms with Crippen LogP contribution in [0.5, 0.6) is 0 Å². The molecule has 0 saturated heterocycles. The molecule has 0 radical (unpaired) electrons. The molecule has 0 aliphatic heterocycles. The molecular formula is C15H15ClN4. The van der Waals surface area contributed by atoms with E-state index >= 15 is 0 Å². The standard InChI is InChI=1S/C15H15ClN4/c1-10(11-6-4-3-5-7-11)17-13-12-8-9-20(2)14(12)19-15(16)18-13/h3-10H,1-2H3,(H,17,18,19). The van der Waals surface area contributed by atoms with Crippen molar-refractivity contribution in [3.05, 3.63) is 53.4 Å². The van der Waals surface area contributed by atoms with Gasteiger partial charge in [-0.1, -0.05) is 30.3 Å². The molecule has 0 fully saturated rings. The Morgan fingerprint density at radius 2 is 1.90 bits per heavy atom. The third-order valence-electron chi connectivity index (χ3n) is 3.35. The van der Waals surface area contributed by atoms with E-state index in [4.69, 9.17) is 11.6 Å². The van der Waals surface area contributed by atoms with Crippen molar-refractivity contribution in [3.8, 4) is 0 Å². The number of hydrogen-bond donors (Lipinski definition) is 1. The summed E-state index contributed by atoms with van der Waals surface area (Å²) >= 11 is 6.01. The Morgan fingerprint density at radius 3 is 2.65 bits per heavy atom. The summed E-state index contributed by atoms with van der Waals surface area (Å²) in [4.78, 5) is 8.56. The molecule has 4 nitrogen and oxygen atoms in total. The van der Waals surface area contributed by atoms with E-state index in [1.165, 1.54) is 5.56 Å². The molecule has 3 rings (SSSR count). The van der Waals surface area contributed by atoms with Gasteiger partial charge in [0.25, 0.3) is 0 Å². The van der Waals surface area contributed by atoms with Crippen molar-refractivity contribution in [2.45, 2.75) is 13.0 Å². The molecule has 0 saturated carbocycles. The van der Waals surface area contributed by atoms with Gasteiger partial charge in [-0.25, -0.2) is 4.98 Å². The predicted molar refractivity (Wildman–Crippen MR) is 82.0 cm³/mol. The quantitative estimate of drug-likeness (QED) is 0.745. The maximum atomic E-state index is 6.01. The lowest BCUT2D eigenvalue weighted by atomic mass is 10.1. The molecule has 1 unspecified atom stereocenters. The summed E-state index contributed by atoms with van der Waals surface area (Å²) in [5.74, 6) is 0.761. The summed E-state index contributed by atoms with van der Waals surface area (Å²) in [6.07, 6.45) is 1.95. The minimum absolute atomic E-state index is 0.144. The number of halogens is 1. The number of anilines is 1. The fourth-order valence-electron chi connectivity index (χ4n) is 2.25. The van der Waals surface area contributed by atoms with Gasteiger partial charge in [0.1, 0.15) is 11.5 Å². The van der Waals surface area contributed by atoms with Crippen LogP contribution in [-0.2, 0) is 7.05 Å². The van der Waals surface area contributed by atoms with Crippen molar-refractivity contribution in [1.82, 2.24) is 14.5 Å². The number of aryl methyl sites for hydroxylation is 1. The minimum atomic E-state index is 0.144. The third-order valence-corrected chi connectivity index (χ3v) is 3.52. The fraction of sp³-hybridized carbons (Fsp3) is 0.200. The van der Waals surface area contributed by atoms with Crippen LogP contribution >= 0.6 is 11.6 Å². The van der Waals surface area contributed by atoms with E-state index in [9.17, 15) is 0 Å². The second-order valence-corrected chi connectivity index (χ2v) is 5.12. The van der Waals surface area contributed by atoms with Crippen LogP contribution in [0.4, 0.5) is 5.82 Å². The van der Waals surface area contributed by atoms with Crippen molar-refractivity contribution in [1.29, 1.82) is 0 Å². The van der Waals surface area contributed by atoms with Crippen molar-refractivity contribution >= 4 is 28.5 Å². The van der Waals surface area contributed by atoms with Crippen LogP contribution < -0.4 is 5.32 Å². The number of nitrogens with one attached hydrogen (secondary N) is 1. The zero-order chi connectivity index (χ0) is 14.1. The molecule has 3 aromatic rings. The normalized spacial score (nSPS) is 12.6. The summed E-state index contributed by atoms with van der Waals surface area (Å²) in [5.41, 5.74) is 2.03. The molecule has 2 aromatic heterocycles. The van der Waals surface area contributed by atoms with E-state index in [1.54, 1.807) is 0 Å². The number of benzene rings is 1. The number of aromatic nitrogens is 3. The first-order valence-corrected chi connectivity index (χ1v) is 6.83. The zero-order valence-corrected chi connectivity index (χ0v) is 12.1. The van der Waals surface area contributed by atoms with Crippen molar-refractivity contribution in [3.63, 3.8) is 0 Å². The van der Waals surface area contributed by atoms with Gasteiger partial charge in [0.15, 0.2) is 0 Å². The Kier molecular flexibility index (Phi) is 3.32. The lowest BCUT2D eigenvalue weighted by Gasteiger charge is -2.15. The smallest absolute Gasteiger partial charge is 0.226 e. The summed E-state index contributed by atoms with van der Waals surface area (Å²) in [6, 6.07) is 12.4. The number of fused-ring (bicyclic) bond motifs is 1. The van der Waals surface area contributed by atoms with E-state index in [0.29, 0.717) is 0 Å². The maximum absolute atomic E-state index is 6.01. The summed E-state index contributed by atoms with van der Waals surface area (Å²) in [7, 11) is 1.94. The average molecular weight is 287 g/mol. The van der Waals surface area contributed by atoms with E-state index in [1.807, 2.05) is 42.1 Å². The fourth-order valence-corrected chi connectivity index (χ4v) is 2.41. The van der Waals surface area contributed by atoms with Gasteiger partial charge in [-0.2, -0.15) is 4.98 Å². The van der Waals surface area contributed by atoms with Crippen molar-refractivity contribution in [2.75, 3.05) is 5.32 Å². The van der Waals surface area contributed by atoms with Crippen LogP contribution in [0.2, 0.25) is 5.28 Å². The van der Waals surface area contributed by atoms with E-state index in [2.05, 4.69) is 34.3 Å². The molecular weight excluding hydrogens is 272 g/mol. The highest BCUT2D eigenvalue weighted by Gasteiger charge is 2.12. The lowest BCUT2D eigenvalue weighted by molar-refractivity contribution is 0.874. The Hall–Kier alpha value is -2.07. The summed E-state index contributed by atoms with van der Waals surface area (Å²) < 4.78 is 1.93. The molecule has 102 valence electrons. The lowest BCUT2D eigenvalue weighted by Crippen LogP contribution is -2.08. The topological polar surface area (TPSA) is 42.7 Å². The molecule has 0 amide bonds. The van der Waals surface area contributed by atoms with Gasteiger partial charge in [0.2, 0.25) is 5.28 Å². The molecule has 20 heavy (non-hydrogen) atoms. The van der Waals surface area contributed by atoms with Crippen LogP contribution in [0.1, 0.15) is 18.5 Å². The molecule has 5 heteroatoms. The van der Waals surface area contributed by atoms with Gasteiger partial charge in [0, 0.05) is 19.3 Å². The highest BCUT2D eigenvalue weighted by atomic mass is 35.5. The van der Waals surface area contributed by atoms with Gasteiger partial charge in [-0.15, -0.1) is 0 Å². The SMILES string of the molecule is CC(Nc1nc(Cl)nc2c1ccn2C)c1ccccc1. The molecule has 0 spiro atoms. The first-order valence-electron chi connectivity index (χ1n) is 6.45. The van der Waals surface area contributed by atoms with Crippen LogP contribution in [0.3, 0.4) is 0 Å². The van der Waals surface area contributed by atoms with Crippen LogP contribution in [0, 0.1) is 0 Å². The molecule has 1 N–H and O–H groups in total. The van der Waals surface area contributed by atoms with E-state index in [0.717, 1.165) is 16.9 Å². The van der Waals surface area contributed by atoms with E-state index < -0.39 is 0 Å². The molecule has 0 aliphatic rings. The van der Waals surface area contributed by atoms with Crippen LogP contribution in [0.15, 0.2) is 42.6 Å². The summed E-state index contributed by atoms with van der Waals surface area (Å²) in [5, 5.41) is 4.63. The Labute approximate surface area is 122 Å². The number of nitrogens with zero attached hydrogens (tertiary/aromatic N) is 3. The second kappa shape index (κ2) is 5.13. The first kappa shape index (κ1) is 12.9. The van der Waals surface area contributed by atoms with Gasteiger partial charge in [-0.05, 0) is 30.2 Å². The molecule has 2 heterocycles. The van der Waals surface area contributed by atoms with Gasteiger partial charge in [-0.3, -0.25) is 0 Å². The molecule has 1 atom stereocenters. The monoisotopic (exact) mass is 286 g/mol. The Balaban J connectivity index is 1.98. The van der Waals surface area contributed by atoms with Crippen molar-refractivity contribution in [2.24, 2.45) is 7.05 Å². The Morgan fingerprint density at radius 1 is 1.15 bits per heavy atom. The third kappa shape index (κ3) is 2.34. The van der Waals surface area contributed by atoms with Crippen LogP contribution in [-0.4, -0.2) is 14.5 Å². The van der Waals surface area contributed by atoms with Gasteiger partial charge in [0.05, 0.1) is 5.39 Å². The summed E-state index contributed by atoms with van der Waals surface area (Å²) in [6.45, 7) is 2.10. The molecule has 0 bridgehead atoms. The zero-order valence-electron chi connectivity index (χ0n) is 11.3. The highest BCUT2D eigenvalue weighted by molar-refractivity contribution is 6.28. The largest absolute Gasteiger partial charge is 0.363 e. The second-order valence-electron chi connectivity index (χ2n) is 4.78. The Bertz CT molecular complexity index is 736. The van der Waals surface area contributed by atoms with Gasteiger partial charge >= 0.3 is 0 Å². The average Bonchev–Trinajstić information content (AvgIpc) is 2.81. The molecule has 1 aromatic carbocycles.